The highest BCUT2D eigenvalue weighted by Crippen LogP contribution is 2.09. The molecule has 7 heteroatoms. The van der Waals surface area contributed by atoms with Gasteiger partial charge in [0, 0.05) is 38.8 Å². The van der Waals surface area contributed by atoms with Crippen LogP contribution in [-0.4, -0.2) is 76.4 Å². The Morgan fingerprint density at radius 1 is 1.24 bits per heavy atom. The van der Waals surface area contributed by atoms with Crippen molar-refractivity contribution < 1.29 is 19.8 Å². The number of rotatable bonds is 6. The molecule has 21 heavy (non-hydrogen) atoms. The van der Waals surface area contributed by atoms with Crippen molar-refractivity contribution in [3.8, 4) is 0 Å². The quantitative estimate of drug-likeness (QED) is 0.658. The van der Waals surface area contributed by atoms with E-state index >= 15 is 0 Å². The van der Waals surface area contributed by atoms with Gasteiger partial charge >= 0.3 is 12.0 Å². The summed E-state index contributed by atoms with van der Waals surface area (Å²) >= 11 is 0. The van der Waals surface area contributed by atoms with Gasteiger partial charge in [-0.1, -0.05) is 6.92 Å². The summed E-state index contributed by atoms with van der Waals surface area (Å²) in [6, 6.07) is -0.532. The van der Waals surface area contributed by atoms with E-state index in [0.29, 0.717) is 39.1 Å². The van der Waals surface area contributed by atoms with Gasteiger partial charge in [-0.2, -0.15) is 0 Å². The van der Waals surface area contributed by atoms with Crippen LogP contribution in [0.4, 0.5) is 4.79 Å². The molecule has 1 saturated heterocycles. The molecule has 0 spiro atoms. The lowest BCUT2D eigenvalue weighted by atomic mass is 10.1. The third kappa shape index (κ3) is 6.77. The van der Waals surface area contributed by atoms with Gasteiger partial charge in [-0.05, 0) is 20.3 Å². The van der Waals surface area contributed by atoms with Crippen LogP contribution in [0.25, 0.3) is 0 Å². The van der Waals surface area contributed by atoms with Crippen molar-refractivity contribution in [2.24, 2.45) is 0 Å². The normalized spacial score (nSPS) is 18.4. The Kier molecular flexibility index (Phi) is 6.42. The molecule has 0 aliphatic carbocycles. The largest absolute Gasteiger partial charge is 0.481 e. The number of piperazine rings is 1. The number of β-amino-alcohol motifs (C(OH)–C–C–N with tert-alkyl or cyclic N) is 1. The fourth-order valence-corrected chi connectivity index (χ4v) is 2.43. The molecule has 1 fully saturated rings. The van der Waals surface area contributed by atoms with E-state index in [2.05, 4.69) is 10.2 Å². The molecule has 0 saturated carbocycles. The molecule has 1 rings (SSSR count). The number of aliphatic hydroxyl groups is 1. The number of carboxylic acids is 1. The fraction of sp³-hybridized carbons (Fsp3) is 0.857. The first kappa shape index (κ1) is 17.7. The van der Waals surface area contributed by atoms with Crippen molar-refractivity contribution in [2.75, 3.05) is 32.7 Å². The van der Waals surface area contributed by atoms with Gasteiger partial charge in [-0.15, -0.1) is 0 Å². The molecule has 0 aromatic rings. The van der Waals surface area contributed by atoms with Crippen molar-refractivity contribution in [3.63, 3.8) is 0 Å². The van der Waals surface area contributed by atoms with Crippen LogP contribution < -0.4 is 5.32 Å². The average molecular weight is 301 g/mol. The van der Waals surface area contributed by atoms with Gasteiger partial charge in [-0.3, -0.25) is 9.69 Å². The maximum Gasteiger partial charge on any atom is 0.317 e. The minimum absolute atomic E-state index is 0.0547. The molecule has 0 bridgehead atoms. The van der Waals surface area contributed by atoms with Crippen molar-refractivity contribution >= 4 is 12.0 Å². The van der Waals surface area contributed by atoms with Crippen molar-refractivity contribution in [1.29, 1.82) is 0 Å². The van der Waals surface area contributed by atoms with E-state index in [4.69, 9.17) is 5.11 Å². The molecule has 1 aliphatic rings. The zero-order valence-corrected chi connectivity index (χ0v) is 13.1. The Morgan fingerprint density at radius 2 is 1.81 bits per heavy atom. The Labute approximate surface area is 125 Å². The number of urea groups is 1. The number of nitrogens with one attached hydrogen (secondary N) is 1. The molecule has 1 atom stereocenters. The van der Waals surface area contributed by atoms with E-state index in [1.807, 2.05) is 6.92 Å². The highest BCUT2D eigenvalue weighted by Gasteiger charge is 2.26. The van der Waals surface area contributed by atoms with Gasteiger partial charge in [0.05, 0.1) is 12.0 Å². The van der Waals surface area contributed by atoms with E-state index in [1.165, 1.54) is 0 Å². The van der Waals surface area contributed by atoms with E-state index < -0.39 is 11.6 Å². The van der Waals surface area contributed by atoms with Crippen LogP contribution in [0.2, 0.25) is 0 Å². The summed E-state index contributed by atoms with van der Waals surface area (Å²) in [6.45, 7) is 8.58. The minimum atomic E-state index is -0.905. The number of amides is 2. The van der Waals surface area contributed by atoms with E-state index in [0.717, 1.165) is 0 Å². The Bertz CT molecular complexity index is 360. The predicted molar refractivity (Wildman–Crippen MR) is 79.2 cm³/mol. The highest BCUT2D eigenvalue weighted by molar-refractivity contribution is 5.76. The topological polar surface area (TPSA) is 93.1 Å². The number of nitrogens with zero attached hydrogens (tertiary/aromatic N) is 2. The molecule has 2 amide bonds. The molecule has 1 unspecified atom stereocenters. The smallest absolute Gasteiger partial charge is 0.317 e. The highest BCUT2D eigenvalue weighted by atomic mass is 16.4. The van der Waals surface area contributed by atoms with Gasteiger partial charge in [-0.25, -0.2) is 4.79 Å². The van der Waals surface area contributed by atoms with Crippen molar-refractivity contribution in [2.45, 2.75) is 45.3 Å². The van der Waals surface area contributed by atoms with Crippen LogP contribution in [0.15, 0.2) is 0 Å². The van der Waals surface area contributed by atoms with Crippen LogP contribution in [0.3, 0.4) is 0 Å². The maximum absolute atomic E-state index is 12.1. The second-order valence-corrected chi connectivity index (χ2v) is 6.23. The summed E-state index contributed by atoms with van der Waals surface area (Å²) in [4.78, 5) is 26.6. The maximum atomic E-state index is 12.1. The standard InChI is InChI=1S/C14H27N3O4/c1-4-11(9-12(18)19)15-13(20)17-7-5-16(6-8-17)10-14(2,3)21/h11,21H,4-10H2,1-3H3,(H,15,20)(H,18,19). The molecule has 1 heterocycles. The number of carboxylic acid groups (broad SMARTS) is 1. The Hall–Kier alpha value is -1.34. The van der Waals surface area contributed by atoms with E-state index in [9.17, 15) is 14.7 Å². The van der Waals surface area contributed by atoms with Gasteiger partial charge in [0.15, 0.2) is 0 Å². The summed E-state index contributed by atoms with van der Waals surface area (Å²) in [5, 5.41) is 21.3. The third-order valence-electron chi connectivity index (χ3n) is 3.51. The number of carbonyl (C=O) groups excluding carboxylic acids is 1. The van der Waals surface area contributed by atoms with Crippen molar-refractivity contribution in [1.82, 2.24) is 15.1 Å². The van der Waals surface area contributed by atoms with Crippen LogP contribution in [0, 0.1) is 0 Å². The first-order chi connectivity index (χ1) is 9.71. The van der Waals surface area contributed by atoms with Crippen LogP contribution in [0.1, 0.15) is 33.6 Å². The zero-order valence-electron chi connectivity index (χ0n) is 13.1. The predicted octanol–water partition coefficient (Wildman–Crippen LogP) is 0.338. The van der Waals surface area contributed by atoms with Crippen LogP contribution >= 0.6 is 0 Å². The number of hydrogen-bond acceptors (Lipinski definition) is 4. The summed E-state index contributed by atoms with van der Waals surface area (Å²) in [7, 11) is 0. The van der Waals surface area contributed by atoms with Gasteiger partial charge in [0.2, 0.25) is 0 Å². The summed E-state index contributed by atoms with van der Waals surface area (Å²) in [6.07, 6.45) is 0.539. The summed E-state index contributed by atoms with van der Waals surface area (Å²) < 4.78 is 0. The second-order valence-electron chi connectivity index (χ2n) is 6.23. The van der Waals surface area contributed by atoms with Gasteiger partial charge < -0.3 is 20.4 Å². The lowest BCUT2D eigenvalue weighted by molar-refractivity contribution is -0.137. The Morgan fingerprint density at radius 3 is 2.24 bits per heavy atom. The lowest BCUT2D eigenvalue weighted by Gasteiger charge is -2.37. The number of hydrogen-bond donors (Lipinski definition) is 3. The Balaban J connectivity index is 2.39. The second kappa shape index (κ2) is 7.61. The first-order valence-corrected chi connectivity index (χ1v) is 7.43. The minimum Gasteiger partial charge on any atom is -0.481 e. The molecule has 1 aliphatic heterocycles. The average Bonchev–Trinajstić information content (AvgIpc) is 2.36. The third-order valence-corrected chi connectivity index (χ3v) is 3.51. The molecular formula is C14H27N3O4. The van der Waals surface area contributed by atoms with Gasteiger partial charge in [0.25, 0.3) is 0 Å². The number of aliphatic carboxylic acids is 1. The van der Waals surface area contributed by atoms with Gasteiger partial charge in [0.1, 0.15) is 0 Å². The monoisotopic (exact) mass is 301 g/mol. The van der Waals surface area contributed by atoms with E-state index in [-0.39, 0.29) is 18.5 Å². The zero-order chi connectivity index (χ0) is 16.0. The summed E-state index contributed by atoms with van der Waals surface area (Å²) in [5.41, 5.74) is -0.737. The first-order valence-electron chi connectivity index (χ1n) is 7.43. The summed E-state index contributed by atoms with van der Waals surface area (Å²) in [5.74, 6) is -0.905. The molecule has 7 nitrogen and oxygen atoms in total. The van der Waals surface area contributed by atoms with Crippen molar-refractivity contribution in [3.05, 3.63) is 0 Å². The number of carbonyl (C=O) groups is 2. The molecular weight excluding hydrogens is 274 g/mol. The lowest BCUT2D eigenvalue weighted by Crippen LogP contribution is -2.55. The molecule has 0 radical (unpaired) electrons. The molecule has 0 aromatic carbocycles. The van der Waals surface area contributed by atoms with Crippen LogP contribution in [0.5, 0.6) is 0 Å². The fourth-order valence-electron chi connectivity index (χ4n) is 2.43. The van der Waals surface area contributed by atoms with E-state index in [1.54, 1.807) is 18.7 Å². The SMILES string of the molecule is CCC(CC(=O)O)NC(=O)N1CCN(CC(C)(C)O)CC1. The molecule has 0 aromatic heterocycles. The molecule has 3 N–H and O–H groups in total. The molecule has 122 valence electrons. The van der Waals surface area contributed by atoms with Crippen LogP contribution in [-0.2, 0) is 4.79 Å².